The molecule has 5 rings (SSSR count). The van der Waals surface area contributed by atoms with Gasteiger partial charge in [-0.25, -0.2) is 13.4 Å². The first-order chi connectivity index (χ1) is 15.3. The van der Waals surface area contributed by atoms with Gasteiger partial charge in [0, 0.05) is 36.3 Å². The number of carbonyl (C=O) groups is 1. The van der Waals surface area contributed by atoms with Crippen molar-refractivity contribution in [2.75, 3.05) is 23.0 Å². The number of sulfone groups is 1. The van der Waals surface area contributed by atoms with Crippen LogP contribution in [-0.2, 0) is 21.1 Å². The van der Waals surface area contributed by atoms with Crippen molar-refractivity contribution in [3.63, 3.8) is 0 Å². The Morgan fingerprint density at radius 3 is 2.59 bits per heavy atom. The van der Waals surface area contributed by atoms with Crippen LogP contribution in [0.15, 0.2) is 59.5 Å². The Morgan fingerprint density at radius 1 is 1.09 bits per heavy atom. The highest BCUT2D eigenvalue weighted by Crippen LogP contribution is 2.39. The minimum Gasteiger partial charge on any atom is -0.353 e. The van der Waals surface area contributed by atoms with Crippen LogP contribution in [-0.4, -0.2) is 38.2 Å². The minimum atomic E-state index is -3.21. The first kappa shape index (κ1) is 20.9. The third kappa shape index (κ3) is 4.35. The second kappa shape index (κ2) is 8.20. The largest absolute Gasteiger partial charge is 0.353 e. The summed E-state index contributed by atoms with van der Waals surface area (Å²) in [6.45, 7) is 1.12. The smallest absolute Gasteiger partial charge is 0.224 e. The molecular weight excluding hydrogens is 422 g/mol. The maximum atomic E-state index is 12.4. The van der Waals surface area contributed by atoms with Crippen LogP contribution in [0.5, 0.6) is 0 Å². The SMILES string of the molecule is CS(=O)(=O)c1ccc(CCC(=O)Nc2ccc3nc(N4C[C@H]5CC[C@H]4C5)ccc3c2)cc1. The Morgan fingerprint density at radius 2 is 1.91 bits per heavy atom. The molecule has 0 unspecified atom stereocenters. The highest BCUT2D eigenvalue weighted by atomic mass is 32.2. The van der Waals surface area contributed by atoms with E-state index in [1.165, 1.54) is 25.5 Å². The zero-order chi connectivity index (χ0) is 22.3. The molecular formula is C25H27N3O3S. The summed E-state index contributed by atoms with van der Waals surface area (Å²) in [7, 11) is -3.21. The maximum Gasteiger partial charge on any atom is 0.224 e. The molecule has 0 spiro atoms. The Balaban J connectivity index is 1.21. The third-order valence-electron chi connectivity index (χ3n) is 6.65. The number of nitrogens with one attached hydrogen (secondary N) is 1. The molecule has 32 heavy (non-hydrogen) atoms. The molecule has 1 aliphatic heterocycles. The van der Waals surface area contributed by atoms with Gasteiger partial charge in [-0.05, 0) is 79.6 Å². The van der Waals surface area contributed by atoms with Gasteiger partial charge in [-0.2, -0.15) is 0 Å². The lowest BCUT2D eigenvalue weighted by Crippen LogP contribution is -2.32. The summed E-state index contributed by atoms with van der Waals surface area (Å²) >= 11 is 0. The normalized spacial score (nSPS) is 20.1. The monoisotopic (exact) mass is 449 g/mol. The number of amides is 1. The molecule has 166 valence electrons. The van der Waals surface area contributed by atoms with Crippen molar-refractivity contribution in [1.29, 1.82) is 0 Å². The van der Waals surface area contributed by atoms with Crippen LogP contribution in [0, 0.1) is 5.92 Å². The molecule has 0 radical (unpaired) electrons. The van der Waals surface area contributed by atoms with Crippen molar-refractivity contribution in [3.8, 4) is 0 Å². The standard InChI is InChI=1S/C25H27N3O3S/c1-32(30,31)22-9-3-17(4-10-22)5-13-25(29)26-20-7-11-23-19(15-20)6-12-24(27-23)28-16-18-2-8-21(28)14-18/h3-4,6-7,9-12,15,18,21H,2,5,8,13-14,16H2,1H3,(H,26,29)/t18-,21-/m0/s1. The zero-order valence-electron chi connectivity index (χ0n) is 18.1. The number of aromatic nitrogens is 1. The topological polar surface area (TPSA) is 79.4 Å². The second-order valence-corrected chi connectivity index (χ2v) is 11.0. The molecule has 2 atom stereocenters. The van der Waals surface area contributed by atoms with Gasteiger partial charge in [-0.15, -0.1) is 0 Å². The molecule has 2 fully saturated rings. The van der Waals surface area contributed by atoms with Crippen molar-refractivity contribution in [1.82, 2.24) is 4.98 Å². The van der Waals surface area contributed by atoms with Crippen LogP contribution >= 0.6 is 0 Å². The number of benzene rings is 2. The molecule has 2 heterocycles. The predicted octanol–water partition coefficient (Wildman–Crippen LogP) is 4.20. The molecule has 1 amide bonds. The minimum absolute atomic E-state index is 0.0748. The number of aryl methyl sites for hydroxylation is 1. The van der Waals surface area contributed by atoms with Crippen molar-refractivity contribution in [2.45, 2.75) is 43.0 Å². The summed E-state index contributed by atoms with van der Waals surface area (Å²) in [6.07, 6.45) is 5.98. The lowest BCUT2D eigenvalue weighted by atomic mass is 10.1. The third-order valence-corrected chi connectivity index (χ3v) is 7.78. The number of carbonyl (C=O) groups excluding carboxylic acids is 1. The predicted molar refractivity (Wildman–Crippen MR) is 127 cm³/mol. The van der Waals surface area contributed by atoms with Gasteiger partial charge >= 0.3 is 0 Å². The average Bonchev–Trinajstić information content (AvgIpc) is 3.41. The van der Waals surface area contributed by atoms with Crippen molar-refractivity contribution >= 4 is 38.2 Å². The van der Waals surface area contributed by atoms with E-state index < -0.39 is 9.84 Å². The van der Waals surface area contributed by atoms with E-state index in [0.717, 1.165) is 40.4 Å². The summed E-state index contributed by atoms with van der Waals surface area (Å²) in [5, 5.41) is 3.97. The van der Waals surface area contributed by atoms with Gasteiger partial charge in [0.2, 0.25) is 5.91 Å². The number of piperidine rings is 1. The lowest BCUT2D eigenvalue weighted by Gasteiger charge is -2.28. The van der Waals surface area contributed by atoms with Gasteiger partial charge in [0.25, 0.3) is 0 Å². The summed E-state index contributed by atoms with van der Waals surface area (Å²) in [5.74, 6) is 1.81. The molecule has 6 nitrogen and oxygen atoms in total. The van der Waals surface area contributed by atoms with E-state index in [1.807, 2.05) is 18.2 Å². The first-order valence-electron chi connectivity index (χ1n) is 11.1. The lowest BCUT2D eigenvalue weighted by molar-refractivity contribution is -0.116. The van der Waals surface area contributed by atoms with Crippen LogP contribution in [0.2, 0.25) is 0 Å². The van der Waals surface area contributed by atoms with Gasteiger partial charge in [0.1, 0.15) is 5.82 Å². The highest BCUT2D eigenvalue weighted by Gasteiger charge is 2.38. The molecule has 3 aromatic rings. The van der Waals surface area contributed by atoms with E-state index >= 15 is 0 Å². The van der Waals surface area contributed by atoms with Crippen LogP contribution in [0.3, 0.4) is 0 Å². The van der Waals surface area contributed by atoms with Crippen LogP contribution < -0.4 is 10.2 Å². The molecule has 1 N–H and O–H groups in total. The van der Waals surface area contributed by atoms with E-state index in [9.17, 15) is 13.2 Å². The fourth-order valence-corrected chi connectivity index (χ4v) is 5.57. The summed E-state index contributed by atoms with van der Waals surface area (Å²) in [6, 6.07) is 17.3. The molecule has 1 saturated carbocycles. The fraction of sp³-hybridized carbons (Fsp3) is 0.360. The Labute approximate surface area is 188 Å². The van der Waals surface area contributed by atoms with E-state index in [0.29, 0.717) is 18.9 Å². The van der Waals surface area contributed by atoms with Crippen molar-refractivity contribution in [2.24, 2.45) is 5.92 Å². The van der Waals surface area contributed by atoms with E-state index in [2.05, 4.69) is 22.3 Å². The molecule has 1 aliphatic carbocycles. The molecule has 7 heteroatoms. The second-order valence-electron chi connectivity index (χ2n) is 9.03. The number of hydrogen-bond acceptors (Lipinski definition) is 5. The molecule has 2 aliphatic rings. The molecule has 2 aromatic carbocycles. The number of hydrogen-bond donors (Lipinski definition) is 1. The van der Waals surface area contributed by atoms with Crippen LogP contribution in [0.4, 0.5) is 11.5 Å². The molecule has 2 bridgehead atoms. The summed E-state index contributed by atoms with van der Waals surface area (Å²) in [4.78, 5) is 20.0. The van der Waals surface area contributed by atoms with E-state index in [1.54, 1.807) is 24.3 Å². The highest BCUT2D eigenvalue weighted by molar-refractivity contribution is 7.90. The van der Waals surface area contributed by atoms with Crippen molar-refractivity contribution < 1.29 is 13.2 Å². The quantitative estimate of drug-likeness (QED) is 0.610. The van der Waals surface area contributed by atoms with Gasteiger partial charge in [-0.3, -0.25) is 4.79 Å². The Hall–Kier alpha value is -2.93. The van der Waals surface area contributed by atoms with Gasteiger partial charge < -0.3 is 10.2 Å². The van der Waals surface area contributed by atoms with Crippen LogP contribution in [0.25, 0.3) is 10.9 Å². The first-order valence-corrected chi connectivity index (χ1v) is 13.0. The van der Waals surface area contributed by atoms with E-state index in [4.69, 9.17) is 4.98 Å². The summed E-state index contributed by atoms with van der Waals surface area (Å²) < 4.78 is 23.1. The number of fused-ring (bicyclic) bond motifs is 3. The van der Waals surface area contributed by atoms with Gasteiger partial charge in [0.15, 0.2) is 9.84 Å². The van der Waals surface area contributed by atoms with Crippen LogP contribution in [0.1, 0.15) is 31.2 Å². The van der Waals surface area contributed by atoms with Crippen molar-refractivity contribution in [3.05, 3.63) is 60.2 Å². The number of nitrogens with zero attached hydrogens (tertiary/aromatic N) is 2. The number of rotatable bonds is 6. The molecule has 1 aromatic heterocycles. The fourth-order valence-electron chi connectivity index (χ4n) is 4.94. The van der Waals surface area contributed by atoms with Gasteiger partial charge in [-0.1, -0.05) is 12.1 Å². The molecule has 1 saturated heterocycles. The van der Waals surface area contributed by atoms with Gasteiger partial charge in [0.05, 0.1) is 10.4 Å². The summed E-state index contributed by atoms with van der Waals surface area (Å²) in [5.41, 5.74) is 2.62. The average molecular weight is 450 g/mol. The maximum absolute atomic E-state index is 12.4. The Kier molecular flexibility index (Phi) is 5.37. The number of pyridine rings is 1. The number of anilines is 2. The Bertz CT molecular complexity index is 1270. The zero-order valence-corrected chi connectivity index (χ0v) is 18.9. The van der Waals surface area contributed by atoms with E-state index in [-0.39, 0.29) is 10.8 Å².